The molecule has 0 spiro atoms. The minimum absolute atomic E-state index is 0.333. The largest absolute Gasteiger partial charge is 0.531 e. The van der Waals surface area contributed by atoms with E-state index in [9.17, 15) is 5.11 Å². The van der Waals surface area contributed by atoms with Crippen LogP contribution in [0.3, 0.4) is 0 Å². The summed E-state index contributed by atoms with van der Waals surface area (Å²) in [6.07, 6.45) is 1.91. The average Bonchev–Trinajstić information content (AvgIpc) is 2.82. The Morgan fingerprint density at radius 1 is 1.17 bits per heavy atom. The van der Waals surface area contributed by atoms with E-state index in [0.717, 1.165) is 0 Å². The lowest BCUT2D eigenvalue weighted by Gasteiger charge is -2.31. The Hall–Kier alpha value is -0.663. The zero-order valence-electron chi connectivity index (χ0n) is 11.2. The van der Waals surface area contributed by atoms with Crippen LogP contribution in [-0.2, 0) is 19.7 Å². The third-order valence-corrected chi connectivity index (χ3v) is 5.51. The fraction of sp³-hybridized carbons (Fsp3) is 0.667. The van der Waals surface area contributed by atoms with E-state index in [4.69, 9.17) is 17.7 Å². The van der Waals surface area contributed by atoms with E-state index in [0.29, 0.717) is 32.0 Å². The molecule has 0 fully saturated rings. The molecule has 1 unspecified atom stereocenters. The van der Waals surface area contributed by atoms with Gasteiger partial charge in [0, 0.05) is 26.2 Å². The third kappa shape index (κ3) is 3.93. The van der Waals surface area contributed by atoms with Crippen molar-refractivity contribution in [2.24, 2.45) is 0 Å². The van der Waals surface area contributed by atoms with Gasteiger partial charge in [0.1, 0.15) is 11.5 Å². The number of rotatable bonds is 9. The van der Waals surface area contributed by atoms with Crippen LogP contribution in [0.1, 0.15) is 26.5 Å². The number of aliphatic hydroxyl groups excluding tert-OH is 1. The predicted octanol–water partition coefficient (Wildman–Crippen LogP) is 1.77. The zero-order valence-corrected chi connectivity index (χ0v) is 12.2. The predicted molar refractivity (Wildman–Crippen MR) is 69.1 cm³/mol. The van der Waals surface area contributed by atoms with Crippen molar-refractivity contribution in [3.8, 4) is 0 Å². The summed E-state index contributed by atoms with van der Waals surface area (Å²) in [5, 5.41) is 10.4. The van der Waals surface area contributed by atoms with Crippen LogP contribution < -0.4 is 0 Å². The van der Waals surface area contributed by atoms with Crippen LogP contribution in [0.5, 0.6) is 0 Å². The monoisotopic (exact) mass is 274 g/mol. The Morgan fingerprint density at radius 2 is 1.72 bits per heavy atom. The molecule has 1 aromatic rings. The van der Waals surface area contributed by atoms with Gasteiger partial charge < -0.3 is 22.8 Å². The molecule has 5 nitrogen and oxygen atoms in total. The summed E-state index contributed by atoms with van der Waals surface area (Å²) in [7, 11) is -3.06. The summed E-state index contributed by atoms with van der Waals surface area (Å²) < 4.78 is 22.1. The molecule has 1 heterocycles. The molecule has 6 heteroatoms. The summed E-state index contributed by atoms with van der Waals surface area (Å²) in [6.45, 7) is 6.92. The molecule has 0 radical (unpaired) electrons. The molecule has 1 rings (SSSR count). The van der Waals surface area contributed by atoms with E-state index in [-0.39, 0.29) is 0 Å². The van der Waals surface area contributed by atoms with Crippen molar-refractivity contribution in [3.63, 3.8) is 0 Å². The van der Waals surface area contributed by atoms with Gasteiger partial charge in [0.15, 0.2) is 0 Å². The van der Waals surface area contributed by atoms with Crippen molar-refractivity contribution in [2.75, 3.05) is 19.8 Å². The van der Waals surface area contributed by atoms with Crippen LogP contribution in [-0.4, -0.2) is 39.5 Å². The van der Waals surface area contributed by atoms with Crippen LogP contribution in [0.15, 0.2) is 22.8 Å². The Morgan fingerprint density at radius 3 is 2.11 bits per heavy atom. The second-order valence-corrected chi connectivity index (χ2v) is 6.44. The Balaban J connectivity index is 2.78. The van der Waals surface area contributed by atoms with Crippen LogP contribution in [0.4, 0.5) is 0 Å². The lowest BCUT2D eigenvalue weighted by Crippen LogP contribution is -2.57. The first-order chi connectivity index (χ1) is 8.68. The van der Waals surface area contributed by atoms with Gasteiger partial charge >= 0.3 is 8.80 Å². The molecule has 1 atom stereocenters. The minimum Gasteiger partial charge on any atom is -0.469 e. The highest BCUT2D eigenvalue weighted by atomic mass is 28.4. The molecule has 0 aliphatic heterocycles. The van der Waals surface area contributed by atoms with Gasteiger partial charge in [-0.3, -0.25) is 0 Å². The highest BCUT2D eigenvalue weighted by molar-refractivity contribution is 6.62. The molecule has 0 saturated carbocycles. The van der Waals surface area contributed by atoms with Crippen molar-refractivity contribution in [3.05, 3.63) is 24.2 Å². The normalized spacial score (nSPS) is 13.8. The molecule has 0 bridgehead atoms. The van der Waals surface area contributed by atoms with E-state index in [2.05, 4.69) is 0 Å². The van der Waals surface area contributed by atoms with Gasteiger partial charge in [-0.25, -0.2) is 0 Å². The molecule has 18 heavy (non-hydrogen) atoms. The van der Waals surface area contributed by atoms with E-state index < -0.39 is 14.5 Å². The SMILES string of the molecule is CCO[Si](OCC)(OCC)C(O)Cc1ccco1. The number of hydrogen-bond donors (Lipinski definition) is 1. The van der Waals surface area contributed by atoms with Gasteiger partial charge in [0.2, 0.25) is 0 Å². The van der Waals surface area contributed by atoms with Gasteiger partial charge in [-0.05, 0) is 32.9 Å². The van der Waals surface area contributed by atoms with E-state index >= 15 is 0 Å². The number of hydrogen-bond acceptors (Lipinski definition) is 5. The molecule has 0 aromatic carbocycles. The molecule has 0 aliphatic carbocycles. The Kier molecular flexibility index (Phi) is 6.59. The molecule has 0 aliphatic rings. The van der Waals surface area contributed by atoms with Crippen LogP contribution in [0.25, 0.3) is 0 Å². The Bertz CT molecular complexity index is 297. The molecule has 1 aromatic heterocycles. The molecular weight excluding hydrogens is 252 g/mol. The first kappa shape index (κ1) is 15.4. The van der Waals surface area contributed by atoms with Crippen molar-refractivity contribution in [1.29, 1.82) is 0 Å². The van der Waals surface area contributed by atoms with E-state index in [1.807, 2.05) is 26.8 Å². The van der Waals surface area contributed by atoms with Crippen LogP contribution >= 0.6 is 0 Å². The van der Waals surface area contributed by atoms with Gasteiger partial charge in [0.05, 0.1) is 6.26 Å². The maximum Gasteiger partial charge on any atom is 0.531 e. The quantitative estimate of drug-likeness (QED) is 0.695. The molecule has 1 N–H and O–H groups in total. The van der Waals surface area contributed by atoms with Crippen molar-refractivity contribution in [2.45, 2.75) is 32.9 Å². The van der Waals surface area contributed by atoms with Crippen molar-refractivity contribution in [1.82, 2.24) is 0 Å². The second kappa shape index (κ2) is 7.70. The molecule has 0 amide bonds. The number of furan rings is 1. The van der Waals surface area contributed by atoms with E-state index in [1.165, 1.54) is 0 Å². The van der Waals surface area contributed by atoms with Gasteiger partial charge in [-0.1, -0.05) is 0 Å². The summed E-state index contributed by atoms with van der Waals surface area (Å²) >= 11 is 0. The second-order valence-electron chi connectivity index (χ2n) is 3.70. The van der Waals surface area contributed by atoms with Gasteiger partial charge in [-0.2, -0.15) is 0 Å². The summed E-state index contributed by atoms with van der Waals surface area (Å²) in [6, 6.07) is 3.60. The zero-order chi connectivity index (χ0) is 13.4. The fourth-order valence-corrected chi connectivity index (χ4v) is 4.25. The first-order valence-electron chi connectivity index (χ1n) is 6.30. The van der Waals surface area contributed by atoms with Crippen molar-refractivity contribution >= 4 is 8.80 Å². The first-order valence-corrected chi connectivity index (χ1v) is 8.11. The van der Waals surface area contributed by atoms with Crippen LogP contribution in [0, 0.1) is 0 Å². The minimum atomic E-state index is -3.06. The fourth-order valence-electron chi connectivity index (χ4n) is 1.76. The average molecular weight is 274 g/mol. The van der Waals surface area contributed by atoms with Crippen LogP contribution in [0.2, 0.25) is 0 Å². The van der Waals surface area contributed by atoms with E-state index in [1.54, 1.807) is 12.3 Å². The summed E-state index contributed by atoms with van der Waals surface area (Å²) in [4.78, 5) is 0. The Labute approximate surface area is 109 Å². The lowest BCUT2D eigenvalue weighted by atomic mass is 10.3. The molecule has 104 valence electrons. The smallest absolute Gasteiger partial charge is 0.469 e. The maximum atomic E-state index is 10.4. The third-order valence-electron chi connectivity index (χ3n) is 2.42. The summed E-state index contributed by atoms with van der Waals surface area (Å²) in [5.74, 6) is 0.693. The maximum absolute atomic E-state index is 10.4. The highest BCUT2D eigenvalue weighted by Gasteiger charge is 2.49. The topological polar surface area (TPSA) is 61.1 Å². The van der Waals surface area contributed by atoms with Gasteiger partial charge in [0.25, 0.3) is 0 Å². The summed E-state index contributed by atoms with van der Waals surface area (Å²) in [5.41, 5.74) is -0.816. The van der Waals surface area contributed by atoms with Gasteiger partial charge in [-0.15, -0.1) is 0 Å². The van der Waals surface area contributed by atoms with Crippen molar-refractivity contribution < 1.29 is 22.8 Å². The lowest BCUT2D eigenvalue weighted by molar-refractivity contribution is 0.0210. The standard InChI is InChI=1S/C12H22O5Si/c1-4-15-18(16-5-2,17-6-3)12(13)10-11-8-7-9-14-11/h7-9,12-13H,4-6,10H2,1-3H3. The molecule has 0 saturated heterocycles. The highest BCUT2D eigenvalue weighted by Crippen LogP contribution is 2.19. The molecular formula is C12H22O5Si. The number of aliphatic hydroxyl groups is 1.